The fourth-order valence-electron chi connectivity index (χ4n) is 1.03. The highest BCUT2D eigenvalue weighted by atomic mass is 16.5. The zero-order valence-electron chi connectivity index (χ0n) is 8.89. The van der Waals surface area contributed by atoms with Gasteiger partial charge in [0.1, 0.15) is 12.4 Å². The zero-order valence-corrected chi connectivity index (χ0v) is 8.89. The first-order valence-corrected chi connectivity index (χ1v) is 4.73. The van der Waals surface area contributed by atoms with Crippen molar-refractivity contribution in [2.75, 3.05) is 6.61 Å². The molecule has 1 aromatic carbocycles. The van der Waals surface area contributed by atoms with Crippen LogP contribution in [0.5, 0.6) is 5.75 Å². The summed E-state index contributed by atoms with van der Waals surface area (Å²) in [7, 11) is 0. The van der Waals surface area contributed by atoms with E-state index in [1.807, 2.05) is 24.3 Å². The number of guanidine groups is 1. The Balaban J connectivity index is 2.70. The van der Waals surface area contributed by atoms with Crippen molar-refractivity contribution >= 4 is 12.2 Å². The van der Waals surface area contributed by atoms with Crippen LogP contribution < -0.4 is 21.3 Å². The number of nitrogens with one attached hydrogen (secondary N) is 1. The lowest BCUT2D eigenvalue weighted by atomic mass is 10.2. The summed E-state index contributed by atoms with van der Waals surface area (Å²) in [5.41, 5.74) is 11.2. The minimum atomic E-state index is -0.0182. The van der Waals surface area contributed by atoms with E-state index in [1.54, 1.807) is 12.3 Å². The van der Waals surface area contributed by atoms with E-state index < -0.39 is 0 Å². The number of nitrogens with zero attached hydrogens (tertiary/aromatic N) is 1. The lowest BCUT2D eigenvalue weighted by molar-refractivity contribution is -0.456. The SMILES string of the molecule is C=CCOc1cccc(/C=[NH+]\N=C(N)N)c1. The van der Waals surface area contributed by atoms with Crippen LogP contribution in [0.4, 0.5) is 0 Å². The summed E-state index contributed by atoms with van der Waals surface area (Å²) in [5, 5.41) is 6.24. The van der Waals surface area contributed by atoms with Gasteiger partial charge in [-0.2, -0.15) is 0 Å². The molecule has 5 heteroatoms. The average Bonchev–Trinajstić information content (AvgIpc) is 2.26. The van der Waals surface area contributed by atoms with E-state index in [9.17, 15) is 0 Å². The van der Waals surface area contributed by atoms with Crippen LogP contribution in [0.3, 0.4) is 0 Å². The maximum Gasteiger partial charge on any atom is 0.256 e. The van der Waals surface area contributed by atoms with Gasteiger partial charge in [0.2, 0.25) is 6.21 Å². The Bertz CT molecular complexity index is 408. The van der Waals surface area contributed by atoms with E-state index in [-0.39, 0.29) is 5.96 Å². The van der Waals surface area contributed by atoms with Crippen LogP contribution in [0.1, 0.15) is 5.56 Å². The molecule has 0 spiro atoms. The van der Waals surface area contributed by atoms with Crippen LogP contribution in [-0.2, 0) is 0 Å². The second kappa shape index (κ2) is 6.23. The third-order valence-corrected chi connectivity index (χ3v) is 1.65. The molecule has 5 nitrogen and oxygen atoms in total. The predicted molar refractivity (Wildman–Crippen MR) is 64.1 cm³/mol. The number of ether oxygens (including phenoxy) is 1. The fraction of sp³-hybridized carbons (Fsp3) is 0.0909. The molecule has 1 rings (SSSR count). The van der Waals surface area contributed by atoms with Crippen molar-refractivity contribution < 1.29 is 9.84 Å². The average molecular weight is 219 g/mol. The van der Waals surface area contributed by atoms with Gasteiger partial charge in [-0.1, -0.05) is 18.7 Å². The molecule has 0 fully saturated rings. The van der Waals surface area contributed by atoms with Gasteiger partial charge in [-0.15, -0.1) is 5.10 Å². The van der Waals surface area contributed by atoms with Gasteiger partial charge in [-0.25, -0.2) is 0 Å². The van der Waals surface area contributed by atoms with E-state index in [4.69, 9.17) is 16.2 Å². The molecule has 0 unspecified atom stereocenters. The van der Waals surface area contributed by atoms with Gasteiger partial charge in [-0.3, -0.25) is 0 Å². The Morgan fingerprint density at radius 2 is 2.31 bits per heavy atom. The molecule has 1 aromatic rings. The summed E-state index contributed by atoms with van der Waals surface area (Å²) >= 11 is 0. The third kappa shape index (κ3) is 4.28. The predicted octanol–water partition coefficient (Wildman–Crippen LogP) is -1.06. The molecule has 0 aliphatic carbocycles. The Morgan fingerprint density at radius 3 is 3.00 bits per heavy atom. The van der Waals surface area contributed by atoms with Crippen LogP contribution >= 0.6 is 0 Å². The Kier molecular flexibility index (Phi) is 4.59. The Labute approximate surface area is 94.1 Å². The second-order valence-corrected chi connectivity index (χ2v) is 2.98. The molecule has 0 bridgehead atoms. The zero-order chi connectivity index (χ0) is 11.8. The number of benzene rings is 1. The van der Waals surface area contributed by atoms with E-state index in [0.29, 0.717) is 6.61 Å². The number of nitrogens with two attached hydrogens (primary N) is 2. The lowest BCUT2D eigenvalue weighted by Crippen LogP contribution is -2.63. The van der Waals surface area contributed by atoms with Crippen molar-refractivity contribution in [2.24, 2.45) is 16.6 Å². The number of hydrogen-bond acceptors (Lipinski definition) is 2. The van der Waals surface area contributed by atoms with Gasteiger partial charge in [0.15, 0.2) is 0 Å². The molecule has 0 aliphatic rings. The van der Waals surface area contributed by atoms with Crippen molar-refractivity contribution in [3.05, 3.63) is 42.5 Å². The minimum Gasteiger partial charge on any atom is -0.490 e. The summed E-state index contributed by atoms with van der Waals surface area (Å²) in [6.45, 7) is 4.05. The standard InChI is InChI=1S/C11H14N4O/c1-2-6-16-10-5-3-4-9(7-10)8-14-15-11(12)13/h2-5,7-8H,1,6H2,(H4,12,13,15)/p+1/b14-8-. The lowest BCUT2D eigenvalue weighted by Gasteiger charge is -2.01. The molecule has 0 aromatic heterocycles. The van der Waals surface area contributed by atoms with Gasteiger partial charge < -0.3 is 16.2 Å². The molecule has 0 saturated heterocycles. The van der Waals surface area contributed by atoms with Gasteiger partial charge in [-0.05, 0) is 18.2 Å². The molecule has 0 radical (unpaired) electrons. The normalized spacial score (nSPS) is 10.0. The first-order chi connectivity index (χ1) is 7.72. The summed E-state index contributed by atoms with van der Waals surface area (Å²) in [5.74, 6) is 0.746. The van der Waals surface area contributed by atoms with Crippen molar-refractivity contribution in [1.29, 1.82) is 0 Å². The highest BCUT2D eigenvalue weighted by Gasteiger charge is 1.95. The van der Waals surface area contributed by atoms with Crippen molar-refractivity contribution in [3.8, 4) is 5.75 Å². The fourth-order valence-corrected chi connectivity index (χ4v) is 1.03. The van der Waals surface area contributed by atoms with Crippen LogP contribution in [0, 0.1) is 0 Å². The minimum absolute atomic E-state index is 0.0182. The molecule has 16 heavy (non-hydrogen) atoms. The van der Waals surface area contributed by atoms with Crippen molar-refractivity contribution in [2.45, 2.75) is 0 Å². The number of rotatable bonds is 5. The quantitative estimate of drug-likeness (QED) is 0.255. The van der Waals surface area contributed by atoms with Crippen LogP contribution in [0.25, 0.3) is 0 Å². The third-order valence-electron chi connectivity index (χ3n) is 1.65. The van der Waals surface area contributed by atoms with Crippen LogP contribution in [0.2, 0.25) is 0 Å². The molecular weight excluding hydrogens is 204 g/mol. The van der Waals surface area contributed by atoms with E-state index in [0.717, 1.165) is 11.3 Å². The topological polar surface area (TPSA) is 87.6 Å². The van der Waals surface area contributed by atoms with E-state index >= 15 is 0 Å². The highest BCUT2D eigenvalue weighted by Crippen LogP contribution is 2.11. The first-order valence-electron chi connectivity index (χ1n) is 4.73. The summed E-state index contributed by atoms with van der Waals surface area (Å²) in [4.78, 5) is 0. The van der Waals surface area contributed by atoms with E-state index in [2.05, 4.69) is 16.8 Å². The number of hydrazone groups is 1. The molecule has 0 atom stereocenters. The van der Waals surface area contributed by atoms with Gasteiger partial charge in [0.25, 0.3) is 5.96 Å². The number of hydrogen-bond donors (Lipinski definition) is 3. The van der Waals surface area contributed by atoms with Gasteiger partial charge in [0, 0.05) is 10.7 Å². The van der Waals surface area contributed by atoms with Crippen molar-refractivity contribution in [3.63, 3.8) is 0 Å². The van der Waals surface area contributed by atoms with Crippen LogP contribution in [-0.4, -0.2) is 18.8 Å². The van der Waals surface area contributed by atoms with Crippen LogP contribution in [0.15, 0.2) is 42.0 Å². The Morgan fingerprint density at radius 1 is 1.50 bits per heavy atom. The largest absolute Gasteiger partial charge is 0.490 e. The van der Waals surface area contributed by atoms with Gasteiger partial charge in [0.05, 0.1) is 0 Å². The monoisotopic (exact) mass is 219 g/mol. The second-order valence-electron chi connectivity index (χ2n) is 2.98. The first kappa shape index (κ1) is 11.8. The molecule has 0 saturated carbocycles. The molecule has 0 aliphatic heterocycles. The van der Waals surface area contributed by atoms with Gasteiger partial charge >= 0.3 is 0 Å². The Hall–Kier alpha value is -2.30. The highest BCUT2D eigenvalue weighted by molar-refractivity contribution is 5.77. The molecule has 0 heterocycles. The molecule has 84 valence electrons. The molecular formula is C11H15N4O+. The summed E-state index contributed by atoms with van der Waals surface area (Å²) < 4.78 is 5.37. The van der Waals surface area contributed by atoms with E-state index in [1.165, 1.54) is 0 Å². The summed E-state index contributed by atoms with van der Waals surface area (Å²) in [6, 6.07) is 7.50. The summed E-state index contributed by atoms with van der Waals surface area (Å²) in [6.07, 6.45) is 3.36. The maximum atomic E-state index is 5.37. The smallest absolute Gasteiger partial charge is 0.256 e. The maximum absolute atomic E-state index is 5.37. The molecule has 5 N–H and O–H groups in total. The van der Waals surface area contributed by atoms with Crippen molar-refractivity contribution in [1.82, 2.24) is 0 Å². The molecule has 0 amide bonds.